The van der Waals surface area contributed by atoms with Crippen LogP contribution in [0.5, 0.6) is 0 Å². The van der Waals surface area contributed by atoms with Crippen LogP contribution in [0.25, 0.3) is 0 Å². The third kappa shape index (κ3) is 3.78. The normalized spacial score (nSPS) is 39.8. The van der Waals surface area contributed by atoms with E-state index in [0.29, 0.717) is 12.3 Å². The number of hydrogen-bond acceptors (Lipinski definition) is 7. The van der Waals surface area contributed by atoms with Gasteiger partial charge in [-0.25, -0.2) is 0 Å². The summed E-state index contributed by atoms with van der Waals surface area (Å²) in [5, 5.41) is 38.9. The zero-order valence-corrected chi connectivity index (χ0v) is 15.2. The molecule has 0 amide bonds. The van der Waals surface area contributed by atoms with Crippen molar-refractivity contribution in [3.63, 3.8) is 0 Å². The van der Waals surface area contributed by atoms with E-state index in [1.54, 1.807) is 6.08 Å². The third-order valence-electron chi connectivity index (χ3n) is 5.71. The molecule has 0 aromatic rings. The summed E-state index contributed by atoms with van der Waals surface area (Å²) < 4.78 is 11.0. The fourth-order valence-corrected chi connectivity index (χ4v) is 4.21. The van der Waals surface area contributed by atoms with E-state index in [2.05, 4.69) is 13.8 Å². The van der Waals surface area contributed by atoms with Crippen LogP contribution >= 0.6 is 0 Å². The van der Waals surface area contributed by atoms with E-state index in [0.717, 1.165) is 24.0 Å². The Kier molecular flexibility index (Phi) is 5.67. The summed E-state index contributed by atoms with van der Waals surface area (Å²) >= 11 is 0. The number of ketones is 1. The Morgan fingerprint density at radius 3 is 2.62 bits per heavy atom. The van der Waals surface area contributed by atoms with Crippen LogP contribution in [0.3, 0.4) is 0 Å². The zero-order chi connectivity index (χ0) is 19.1. The molecule has 3 rings (SSSR count). The zero-order valence-electron chi connectivity index (χ0n) is 15.2. The molecular weight excluding hydrogens is 340 g/mol. The molecule has 1 heterocycles. The molecule has 0 bridgehead atoms. The second-order valence-electron chi connectivity index (χ2n) is 8.18. The average Bonchev–Trinajstić information content (AvgIpc) is 2.58. The Labute approximate surface area is 152 Å². The molecule has 4 N–H and O–H groups in total. The van der Waals surface area contributed by atoms with E-state index in [1.165, 1.54) is 0 Å². The molecular formula is C19H28O7. The minimum atomic E-state index is -1.45. The van der Waals surface area contributed by atoms with Crippen LogP contribution in [0.15, 0.2) is 23.3 Å². The van der Waals surface area contributed by atoms with Crippen LogP contribution < -0.4 is 0 Å². The summed E-state index contributed by atoms with van der Waals surface area (Å²) in [5.41, 5.74) is 1.95. The number of fused-ring (bicyclic) bond motifs is 1. The molecule has 2 aliphatic carbocycles. The first-order chi connectivity index (χ1) is 12.2. The maximum atomic E-state index is 12.0. The van der Waals surface area contributed by atoms with E-state index in [9.17, 15) is 25.2 Å². The Morgan fingerprint density at radius 2 is 1.92 bits per heavy atom. The minimum absolute atomic E-state index is 0.0542. The molecule has 3 aliphatic rings. The van der Waals surface area contributed by atoms with Gasteiger partial charge in [0.15, 0.2) is 12.1 Å². The van der Waals surface area contributed by atoms with Crippen molar-refractivity contribution in [2.75, 3.05) is 13.2 Å². The van der Waals surface area contributed by atoms with Gasteiger partial charge in [0.2, 0.25) is 0 Å². The number of hydrogen-bond donors (Lipinski definition) is 4. The predicted molar refractivity (Wildman–Crippen MR) is 92.0 cm³/mol. The topological polar surface area (TPSA) is 116 Å². The lowest BCUT2D eigenvalue weighted by molar-refractivity contribution is -0.299. The van der Waals surface area contributed by atoms with Crippen molar-refractivity contribution in [3.8, 4) is 0 Å². The van der Waals surface area contributed by atoms with E-state index in [1.807, 2.05) is 6.08 Å². The lowest BCUT2D eigenvalue weighted by Crippen LogP contribution is -2.59. The fourth-order valence-electron chi connectivity index (χ4n) is 4.21. The SMILES string of the molecule is CC1(C)CC(=O)C=C2C=C(CO[C@@H]3O[C@H](CO)[C@@H](O)[C@H](O)[C@H]3O)CC[C@@H]21. The van der Waals surface area contributed by atoms with Crippen molar-refractivity contribution in [2.24, 2.45) is 11.3 Å². The molecule has 1 saturated heterocycles. The first-order valence-electron chi connectivity index (χ1n) is 9.09. The Morgan fingerprint density at radius 1 is 1.19 bits per heavy atom. The molecule has 0 spiro atoms. The maximum absolute atomic E-state index is 12.0. The minimum Gasteiger partial charge on any atom is -0.394 e. The highest BCUT2D eigenvalue weighted by Gasteiger charge is 2.44. The monoisotopic (exact) mass is 368 g/mol. The molecule has 1 fully saturated rings. The Bertz CT molecular complexity index is 607. The van der Waals surface area contributed by atoms with Gasteiger partial charge in [0, 0.05) is 6.42 Å². The largest absolute Gasteiger partial charge is 0.394 e. The van der Waals surface area contributed by atoms with Gasteiger partial charge in [-0.05, 0) is 41.4 Å². The van der Waals surface area contributed by atoms with Gasteiger partial charge in [-0.1, -0.05) is 19.9 Å². The lowest BCUT2D eigenvalue weighted by Gasteiger charge is -2.41. The lowest BCUT2D eigenvalue weighted by atomic mass is 9.64. The molecule has 146 valence electrons. The fraction of sp³-hybridized carbons (Fsp3) is 0.737. The molecule has 0 aromatic carbocycles. The van der Waals surface area contributed by atoms with Gasteiger partial charge in [0.05, 0.1) is 13.2 Å². The molecule has 0 saturated carbocycles. The summed E-state index contributed by atoms with van der Waals surface area (Å²) in [6, 6.07) is 0. The number of rotatable bonds is 4. The highest BCUT2D eigenvalue weighted by Crippen LogP contribution is 2.46. The van der Waals surface area contributed by atoms with Crippen LogP contribution in [0.2, 0.25) is 0 Å². The highest BCUT2D eigenvalue weighted by molar-refractivity contribution is 5.92. The predicted octanol–water partition coefficient (Wildman–Crippen LogP) is 0.0647. The first kappa shape index (κ1) is 19.7. The number of allylic oxidation sites excluding steroid dienone is 3. The number of aliphatic hydroxyl groups excluding tert-OH is 4. The number of ether oxygens (including phenoxy) is 2. The molecule has 26 heavy (non-hydrogen) atoms. The van der Waals surface area contributed by atoms with Gasteiger partial charge >= 0.3 is 0 Å². The highest BCUT2D eigenvalue weighted by atomic mass is 16.7. The molecule has 0 radical (unpaired) electrons. The van der Waals surface area contributed by atoms with Crippen LogP contribution in [0.1, 0.15) is 33.1 Å². The summed E-state index contributed by atoms with van der Waals surface area (Å²) in [7, 11) is 0. The second-order valence-corrected chi connectivity index (χ2v) is 8.18. The third-order valence-corrected chi connectivity index (χ3v) is 5.71. The molecule has 0 unspecified atom stereocenters. The van der Waals surface area contributed by atoms with Gasteiger partial charge in [-0.2, -0.15) is 0 Å². The Balaban J connectivity index is 1.66. The van der Waals surface area contributed by atoms with Gasteiger partial charge in [0.1, 0.15) is 24.4 Å². The second kappa shape index (κ2) is 7.50. The van der Waals surface area contributed by atoms with Gasteiger partial charge in [-0.3, -0.25) is 4.79 Å². The molecule has 7 heteroatoms. The molecule has 7 nitrogen and oxygen atoms in total. The Hall–Kier alpha value is -1.09. The van der Waals surface area contributed by atoms with Crippen molar-refractivity contribution in [1.29, 1.82) is 0 Å². The summed E-state index contributed by atoms with van der Waals surface area (Å²) in [4.78, 5) is 12.0. The van der Waals surface area contributed by atoms with Crippen LogP contribution in [-0.4, -0.2) is 70.1 Å². The van der Waals surface area contributed by atoms with Gasteiger partial charge < -0.3 is 29.9 Å². The quantitative estimate of drug-likeness (QED) is 0.555. The standard InChI is InChI=1S/C19H28O7/c1-19(2)7-12(21)6-11-5-10(3-4-13(11)19)9-25-18-17(24)16(23)15(22)14(8-20)26-18/h5-6,13-18,20,22-24H,3-4,7-9H2,1-2H3/t13-,14+,15+,16-,17+,18+/m0/s1. The van der Waals surface area contributed by atoms with Crippen LogP contribution in [0, 0.1) is 11.3 Å². The van der Waals surface area contributed by atoms with Crippen molar-refractivity contribution >= 4 is 5.78 Å². The van der Waals surface area contributed by atoms with Crippen molar-refractivity contribution in [3.05, 3.63) is 23.3 Å². The maximum Gasteiger partial charge on any atom is 0.187 e. The van der Waals surface area contributed by atoms with E-state index >= 15 is 0 Å². The number of aliphatic hydroxyl groups is 4. The summed E-state index contributed by atoms with van der Waals surface area (Å²) in [6.07, 6.45) is -0.372. The number of carbonyl (C=O) groups excluding carboxylic acids is 1. The van der Waals surface area contributed by atoms with Crippen molar-refractivity contribution in [1.82, 2.24) is 0 Å². The van der Waals surface area contributed by atoms with Gasteiger partial charge in [-0.15, -0.1) is 0 Å². The van der Waals surface area contributed by atoms with E-state index in [-0.39, 0.29) is 17.8 Å². The molecule has 1 aliphatic heterocycles. The van der Waals surface area contributed by atoms with E-state index < -0.39 is 37.3 Å². The molecule has 6 atom stereocenters. The van der Waals surface area contributed by atoms with E-state index in [4.69, 9.17) is 9.47 Å². The summed E-state index contributed by atoms with van der Waals surface area (Å²) in [6.45, 7) is 3.93. The molecule has 0 aromatic heterocycles. The van der Waals surface area contributed by atoms with Crippen molar-refractivity contribution in [2.45, 2.75) is 63.8 Å². The smallest absolute Gasteiger partial charge is 0.187 e. The van der Waals surface area contributed by atoms with Gasteiger partial charge in [0.25, 0.3) is 0 Å². The van der Waals surface area contributed by atoms with Crippen LogP contribution in [-0.2, 0) is 14.3 Å². The van der Waals surface area contributed by atoms with Crippen LogP contribution in [0.4, 0.5) is 0 Å². The average molecular weight is 368 g/mol. The van der Waals surface area contributed by atoms with Crippen molar-refractivity contribution < 1.29 is 34.7 Å². The first-order valence-corrected chi connectivity index (χ1v) is 9.09. The summed E-state index contributed by atoms with van der Waals surface area (Å²) in [5.74, 6) is 0.477. The number of carbonyl (C=O) groups is 1.